The van der Waals surface area contributed by atoms with Crippen molar-refractivity contribution in [3.05, 3.63) is 109 Å². The molecule has 0 saturated carbocycles. The number of hydrogen-bond acceptors (Lipinski definition) is 16. The summed E-state index contributed by atoms with van der Waals surface area (Å²) in [6.45, 7) is 12.5. The van der Waals surface area contributed by atoms with Crippen LogP contribution in [0.4, 0.5) is 24.0 Å². The number of pyridine rings is 2. The fourth-order valence-electron chi connectivity index (χ4n) is 13.4. The Kier molecular flexibility index (Phi) is 14.7. The largest absolute Gasteiger partial charge is 0.486 e. The number of rotatable bonds is 16. The number of carbonyl (C=O) groups excluding carboxylic acids is 2. The van der Waals surface area contributed by atoms with Crippen molar-refractivity contribution in [1.29, 1.82) is 5.26 Å². The summed E-state index contributed by atoms with van der Waals surface area (Å²) in [5, 5.41) is 26.0. The first kappa shape index (κ1) is 56.1. The Hall–Kier alpha value is -7.35. The van der Waals surface area contributed by atoms with Crippen LogP contribution in [0.2, 0.25) is 5.02 Å². The van der Waals surface area contributed by atoms with E-state index in [9.17, 15) is 29.1 Å². The van der Waals surface area contributed by atoms with Gasteiger partial charge in [-0.1, -0.05) is 38.1 Å². The standard InChI is InChI=1S/C61H62ClF3N10O7S/c1-6-35-37-21-34(12-15-45(37)69-51-40(35)28-75-46(51)23-42-41(57(75)77)29-80-58(78)61(42,79)7-2)82-47(11-8-9-17-68-5)32(4)56(76)72-19-20-74(31(3)26-72)55-38-22-43(62)49(36-13-14-44(64)53-48(36)39(25-66)54(67)83-53)50(65)52(38)70-59(71-55)81-30-60-16-10-18-73(60)27-33(63)24-60/h12-15,21-23,31,33,47,68,79H,4,6-11,16-20,24,26-30,67H2,1-3,5H3. The van der Waals surface area contributed by atoms with Crippen molar-refractivity contribution in [2.45, 2.75) is 115 Å². The monoisotopic (exact) mass is 1170 g/mol. The number of fused-ring (bicyclic) bond motifs is 8. The third kappa shape index (κ3) is 9.32. The summed E-state index contributed by atoms with van der Waals surface area (Å²) >= 11 is 7.94. The van der Waals surface area contributed by atoms with Gasteiger partial charge in [-0.15, -0.1) is 11.3 Å². The highest BCUT2D eigenvalue weighted by Crippen LogP contribution is 2.48. The predicted octanol–water partition coefficient (Wildman–Crippen LogP) is 9.24. The van der Waals surface area contributed by atoms with Gasteiger partial charge in [0.2, 0.25) is 0 Å². The number of thiophene rings is 1. The topological polar surface area (TPSA) is 214 Å². The number of piperazine rings is 1. The van der Waals surface area contributed by atoms with Crippen molar-refractivity contribution in [2.24, 2.45) is 0 Å². The number of nitrogens with zero attached hydrogens (tertiary/aromatic N) is 8. The number of ether oxygens (including phenoxy) is 3. The molecule has 0 aliphatic carbocycles. The second-order valence-electron chi connectivity index (χ2n) is 22.5. The first-order valence-corrected chi connectivity index (χ1v) is 29.4. The molecule has 17 nitrogen and oxygen atoms in total. The van der Waals surface area contributed by atoms with E-state index < -0.39 is 47.1 Å². The highest BCUT2D eigenvalue weighted by Gasteiger charge is 2.50. The summed E-state index contributed by atoms with van der Waals surface area (Å²) in [4.78, 5) is 62.0. The Morgan fingerprint density at radius 1 is 1.08 bits per heavy atom. The molecule has 0 radical (unpaired) electrons. The average Bonchev–Trinajstić information content (AvgIpc) is 4.40. The van der Waals surface area contributed by atoms with Gasteiger partial charge in [-0.25, -0.2) is 22.9 Å². The highest BCUT2D eigenvalue weighted by atomic mass is 35.5. The van der Waals surface area contributed by atoms with E-state index in [0.29, 0.717) is 54.3 Å². The van der Waals surface area contributed by atoms with E-state index in [0.717, 1.165) is 60.2 Å². The van der Waals surface area contributed by atoms with E-state index in [4.69, 9.17) is 41.5 Å². The van der Waals surface area contributed by atoms with Gasteiger partial charge < -0.3 is 44.7 Å². The van der Waals surface area contributed by atoms with Gasteiger partial charge in [0.15, 0.2) is 11.4 Å². The summed E-state index contributed by atoms with van der Waals surface area (Å²) in [7, 11) is 1.88. The smallest absolute Gasteiger partial charge is 0.343 e. The molecule has 432 valence electrons. The molecule has 5 unspecified atom stereocenters. The number of anilines is 2. The molecule has 1 amide bonds. The molecule has 7 aromatic rings. The van der Waals surface area contributed by atoms with E-state index in [-0.39, 0.29) is 134 Å². The molecule has 5 atom stereocenters. The lowest BCUT2D eigenvalue weighted by Crippen LogP contribution is -2.55. The van der Waals surface area contributed by atoms with Crippen LogP contribution in [-0.4, -0.2) is 123 Å². The van der Waals surface area contributed by atoms with E-state index in [1.54, 1.807) is 34.6 Å². The zero-order valence-corrected chi connectivity index (χ0v) is 48.0. The molecule has 3 fully saturated rings. The number of alkyl halides is 1. The number of unbranched alkanes of at least 4 members (excludes halogenated alkanes) is 1. The number of aryl methyl sites for hydroxylation is 1. The van der Waals surface area contributed by atoms with Crippen LogP contribution >= 0.6 is 22.9 Å². The molecule has 4 aromatic heterocycles. The summed E-state index contributed by atoms with van der Waals surface area (Å²) < 4.78 is 68.0. The Morgan fingerprint density at radius 2 is 1.90 bits per heavy atom. The van der Waals surface area contributed by atoms with E-state index >= 15 is 8.78 Å². The van der Waals surface area contributed by atoms with E-state index in [2.05, 4.69) is 21.8 Å². The van der Waals surface area contributed by atoms with Gasteiger partial charge in [0, 0.05) is 71.5 Å². The van der Waals surface area contributed by atoms with E-state index in [1.165, 1.54) is 12.1 Å². The molecule has 0 spiro atoms. The predicted molar refractivity (Wildman–Crippen MR) is 312 cm³/mol. The Labute approximate surface area is 485 Å². The Balaban J connectivity index is 0.836. The van der Waals surface area contributed by atoms with Crippen molar-refractivity contribution in [3.8, 4) is 40.3 Å². The van der Waals surface area contributed by atoms with Crippen LogP contribution in [0, 0.1) is 23.0 Å². The lowest BCUT2D eigenvalue weighted by atomic mass is 9.86. The van der Waals surface area contributed by atoms with Gasteiger partial charge in [0.05, 0.1) is 55.4 Å². The zero-order valence-electron chi connectivity index (χ0n) is 46.5. The highest BCUT2D eigenvalue weighted by molar-refractivity contribution is 7.23. The van der Waals surface area contributed by atoms with Crippen molar-refractivity contribution in [3.63, 3.8) is 0 Å². The number of nitriles is 1. The summed E-state index contributed by atoms with van der Waals surface area (Å²) in [5.41, 5.74) is 7.54. The van der Waals surface area contributed by atoms with Crippen LogP contribution in [0.15, 0.2) is 59.4 Å². The van der Waals surface area contributed by atoms with Crippen molar-refractivity contribution in [1.82, 2.24) is 34.6 Å². The number of hydrogen-bond donors (Lipinski definition) is 3. The maximum atomic E-state index is 17.6. The van der Waals surface area contributed by atoms with Crippen molar-refractivity contribution < 1.29 is 42.1 Å². The first-order valence-electron chi connectivity index (χ1n) is 28.2. The van der Waals surface area contributed by atoms with Crippen LogP contribution in [0.3, 0.4) is 0 Å². The summed E-state index contributed by atoms with van der Waals surface area (Å²) in [5.74, 6) is -1.77. The minimum absolute atomic E-state index is 0.00128. The number of nitrogens with two attached hydrogens (primary N) is 1. The second-order valence-corrected chi connectivity index (χ2v) is 23.9. The summed E-state index contributed by atoms with van der Waals surface area (Å²) in [6, 6.07) is 12.9. The number of cyclic esters (lactones) is 1. The number of benzene rings is 3. The van der Waals surface area contributed by atoms with Gasteiger partial charge in [0.1, 0.15) is 59.5 Å². The Bertz CT molecular complexity index is 3980. The minimum atomic E-state index is -1.95. The number of aliphatic hydroxyl groups is 1. The van der Waals surface area contributed by atoms with Crippen LogP contribution in [0.5, 0.6) is 11.8 Å². The molecule has 5 aliphatic heterocycles. The molecular formula is C61H62ClF3N10O7S. The van der Waals surface area contributed by atoms with Gasteiger partial charge in [0.25, 0.3) is 11.5 Å². The Morgan fingerprint density at radius 3 is 2.66 bits per heavy atom. The third-order valence-corrected chi connectivity index (χ3v) is 19.0. The minimum Gasteiger partial charge on any atom is -0.486 e. The zero-order chi connectivity index (χ0) is 58.4. The van der Waals surface area contributed by atoms with Gasteiger partial charge in [-0.2, -0.15) is 15.2 Å². The molecule has 4 N–H and O–H groups in total. The lowest BCUT2D eigenvalue weighted by Gasteiger charge is -2.41. The fraction of sp³-hybridized carbons (Fsp3) is 0.426. The number of amides is 1. The maximum absolute atomic E-state index is 17.6. The molecule has 5 aliphatic rings. The van der Waals surface area contributed by atoms with Crippen LogP contribution < -0.4 is 31.0 Å². The molecule has 22 heteroatoms. The maximum Gasteiger partial charge on any atom is 0.343 e. The van der Waals surface area contributed by atoms with E-state index in [1.807, 2.05) is 44.0 Å². The number of nitrogens with one attached hydrogen (secondary N) is 1. The van der Waals surface area contributed by atoms with Crippen molar-refractivity contribution >= 4 is 77.5 Å². The molecule has 0 bridgehead atoms. The third-order valence-electron chi connectivity index (χ3n) is 17.7. The fourth-order valence-corrected chi connectivity index (χ4v) is 14.6. The first-order chi connectivity index (χ1) is 39.9. The van der Waals surface area contributed by atoms with Crippen LogP contribution in [0.25, 0.3) is 54.4 Å². The van der Waals surface area contributed by atoms with Gasteiger partial charge in [-0.05, 0) is 120 Å². The number of nitrogen functional groups attached to an aromatic ring is 1. The van der Waals surface area contributed by atoms with Crippen LogP contribution in [-0.2, 0) is 39.5 Å². The lowest BCUT2D eigenvalue weighted by molar-refractivity contribution is -0.172. The van der Waals surface area contributed by atoms with Crippen molar-refractivity contribution in [2.75, 3.05) is 63.6 Å². The number of aromatic nitrogens is 4. The number of halogens is 4. The van der Waals surface area contributed by atoms with Gasteiger partial charge in [-0.3, -0.25) is 14.5 Å². The van der Waals surface area contributed by atoms with Gasteiger partial charge >= 0.3 is 12.0 Å². The quantitative estimate of drug-likeness (QED) is 0.0467. The molecule has 3 aromatic carbocycles. The normalized spacial score (nSPS) is 21.5. The second kappa shape index (κ2) is 21.7. The SMILES string of the molecule is C=C(C(=O)N1CCN(c2nc(OCC34CCCN3CC(F)C4)nc3c(F)c(-c4ccc(F)c5sc(N)c(C#N)c45)c(Cl)cc23)C(C)C1)C(CCCCNC)Oc1ccc2nc3c(c(CC)c2c1)Cn1c-3cc2c(c1=O)COC(=O)C2(O)CC. The number of esters is 1. The number of carbonyl (C=O) groups is 2. The molecular weight excluding hydrogens is 1110 g/mol. The summed E-state index contributed by atoms with van der Waals surface area (Å²) in [6.07, 6.45) is 2.77. The molecule has 3 saturated heterocycles. The average molecular weight is 1170 g/mol. The molecule has 83 heavy (non-hydrogen) atoms. The van der Waals surface area contributed by atoms with Crippen LogP contribution in [0.1, 0.15) is 93.5 Å². The molecule has 9 heterocycles. The molecule has 12 rings (SSSR count).